The van der Waals surface area contributed by atoms with Crippen molar-refractivity contribution in [2.75, 3.05) is 20.1 Å². The van der Waals surface area contributed by atoms with E-state index in [1.165, 1.54) is 0 Å². The SMILES string of the molecule is CNC[C@H](CC1CC(F)(F)C1)C1CCCCN1C(N)=O. The number of piperidine rings is 1. The number of hydrogen-bond acceptors (Lipinski definition) is 2. The van der Waals surface area contributed by atoms with Gasteiger partial charge in [-0.1, -0.05) is 0 Å². The number of nitrogens with two attached hydrogens (primary N) is 1. The fourth-order valence-electron chi connectivity index (χ4n) is 3.74. The Morgan fingerprint density at radius 2 is 2.15 bits per heavy atom. The first-order chi connectivity index (χ1) is 9.43. The highest BCUT2D eigenvalue weighted by Crippen LogP contribution is 2.46. The minimum Gasteiger partial charge on any atom is -0.351 e. The van der Waals surface area contributed by atoms with E-state index in [9.17, 15) is 13.6 Å². The predicted octanol–water partition coefficient (Wildman–Crippen LogP) is 2.19. The van der Waals surface area contributed by atoms with Crippen molar-refractivity contribution < 1.29 is 13.6 Å². The molecule has 2 aliphatic rings. The number of halogens is 2. The molecule has 1 unspecified atom stereocenters. The molecular weight excluding hydrogens is 264 g/mol. The molecule has 0 aromatic heterocycles. The molecule has 0 aromatic carbocycles. The van der Waals surface area contributed by atoms with Crippen LogP contribution in [0.25, 0.3) is 0 Å². The average Bonchev–Trinajstić information content (AvgIpc) is 2.36. The summed E-state index contributed by atoms with van der Waals surface area (Å²) < 4.78 is 25.9. The minimum atomic E-state index is -2.47. The van der Waals surface area contributed by atoms with Crippen LogP contribution in [0.2, 0.25) is 0 Å². The Morgan fingerprint density at radius 3 is 2.70 bits per heavy atom. The number of carbonyl (C=O) groups excluding carboxylic acids is 1. The predicted molar refractivity (Wildman–Crippen MR) is 73.6 cm³/mol. The second kappa shape index (κ2) is 6.24. The lowest BCUT2D eigenvalue weighted by Crippen LogP contribution is -2.52. The first-order valence-corrected chi connectivity index (χ1v) is 7.51. The summed E-state index contributed by atoms with van der Waals surface area (Å²) in [7, 11) is 1.86. The van der Waals surface area contributed by atoms with E-state index in [2.05, 4.69) is 5.32 Å². The molecule has 2 rings (SSSR count). The Hall–Kier alpha value is -0.910. The first-order valence-electron chi connectivity index (χ1n) is 7.51. The lowest BCUT2D eigenvalue weighted by molar-refractivity contribution is -0.117. The second-order valence-electron chi connectivity index (χ2n) is 6.28. The van der Waals surface area contributed by atoms with Crippen molar-refractivity contribution >= 4 is 6.03 Å². The molecule has 2 atom stereocenters. The van der Waals surface area contributed by atoms with E-state index in [1.54, 1.807) is 4.90 Å². The van der Waals surface area contributed by atoms with Gasteiger partial charge < -0.3 is 16.0 Å². The van der Waals surface area contributed by atoms with E-state index in [0.29, 0.717) is 6.54 Å². The Morgan fingerprint density at radius 1 is 1.45 bits per heavy atom. The third-order valence-corrected chi connectivity index (χ3v) is 4.65. The number of carbonyl (C=O) groups is 1. The zero-order valence-corrected chi connectivity index (χ0v) is 12.1. The van der Waals surface area contributed by atoms with Crippen molar-refractivity contribution in [3.8, 4) is 0 Å². The molecule has 3 N–H and O–H groups in total. The third-order valence-electron chi connectivity index (χ3n) is 4.65. The summed E-state index contributed by atoms with van der Waals surface area (Å²) in [5.41, 5.74) is 5.46. The number of urea groups is 1. The third kappa shape index (κ3) is 3.59. The van der Waals surface area contributed by atoms with Crippen LogP contribution < -0.4 is 11.1 Å². The maximum absolute atomic E-state index is 13.0. The van der Waals surface area contributed by atoms with Gasteiger partial charge in [0.1, 0.15) is 0 Å². The van der Waals surface area contributed by atoms with Crippen LogP contribution in [-0.2, 0) is 0 Å². The molecule has 1 saturated carbocycles. The van der Waals surface area contributed by atoms with Gasteiger partial charge in [0.25, 0.3) is 0 Å². The van der Waals surface area contributed by atoms with E-state index >= 15 is 0 Å². The highest BCUT2D eigenvalue weighted by molar-refractivity contribution is 5.72. The van der Waals surface area contributed by atoms with Gasteiger partial charge in [-0.25, -0.2) is 13.6 Å². The van der Waals surface area contributed by atoms with Crippen molar-refractivity contribution in [1.82, 2.24) is 10.2 Å². The highest BCUT2D eigenvalue weighted by atomic mass is 19.3. The summed E-state index contributed by atoms with van der Waals surface area (Å²) in [6, 6.07) is -0.280. The molecule has 0 radical (unpaired) electrons. The zero-order chi connectivity index (χ0) is 14.8. The van der Waals surface area contributed by atoms with E-state index < -0.39 is 5.92 Å². The molecule has 1 saturated heterocycles. The summed E-state index contributed by atoms with van der Waals surface area (Å²) >= 11 is 0. The fraction of sp³-hybridized carbons (Fsp3) is 0.929. The van der Waals surface area contributed by atoms with Gasteiger partial charge in [-0.15, -0.1) is 0 Å². The Labute approximate surface area is 119 Å². The average molecular weight is 289 g/mol. The van der Waals surface area contributed by atoms with Crippen LogP contribution >= 0.6 is 0 Å². The molecule has 1 heterocycles. The van der Waals surface area contributed by atoms with Crippen LogP contribution in [-0.4, -0.2) is 43.0 Å². The number of nitrogens with zero attached hydrogens (tertiary/aromatic N) is 1. The van der Waals surface area contributed by atoms with Crippen LogP contribution in [0.1, 0.15) is 38.5 Å². The largest absolute Gasteiger partial charge is 0.351 e. The lowest BCUT2D eigenvalue weighted by atomic mass is 9.73. The molecule has 116 valence electrons. The Balaban J connectivity index is 1.97. The molecule has 1 aliphatic heterocycles. The second-order valence-corrected chi connectivity index (χ2v) is 6.28. The van der Waals surface area contributed by atoms with Crippen molar-refractivity contribution in [3.63, 3.8) is 0 Å². The summed E-state index contributed by atoms with van der Waals surface area (Å²) in [5.74, 6) is -2.17. The van der Waals surface area contributed by atoms with Gasteiger partial charge in [0.15, 0.2) is 0 Å². The fourth-order valence-corrected chi connectivity index (χ4v) is 3.74. The normalized spacial score (nSPS) is 27.9. The smallest absolute Gasteiger partial charge is 0.315 e. The minimum absolute atomic E-state index is 0.00347. The molecule has 20 heavy (non-hydrogen) atoms. The van der Waals surface area contributed by atoms with E-state index in [1.807, 2.05) is 7.05 Å². The number of rotatable bonds is 5. The van der Waals surface area contributed by atoms with Crippen LogP contribution in [0, 0.1) is 11.8 Å². The van der Waals surface area contributed by atoms with Gasteiger partial charge in [-0.2, -0.15) is 0 Å². The van der Waals surface area contributed by atoms with Gasteiger partial charge in [0, 0.05) is 25.4 Å². The Bertz CT molecular complexity index is 343. The Kier molecular flexibility index (Phi) is 4.83. The van der Waals surface area contributed by atoms with Crippen molar-refractivity contribution in [3.05, 3.63) is 0 Å². The monoisotopic (exact) mass is 289 g/mol. The van der Waals surface area contributed by atoms with E-state index in [0.717, 1.165) is 32.2 Å². The van der Waals surface area contributed by atoms with E-state index in [4.69, 9.17) is 5.73 Å². The summed E-state index contributed by atoms with van der Waals surface area (Å²) in [5, 5.41) is 3.13. The summed E-state index contributed by atoms with van der Waals surface area (Å²) in [4.78, 5) is 13.3. The summed E-state index contributed by atoms with van der Waals surface area (Å²) in [6.45, 7) is 1.44. The zero-order valence-electron chi connectivity index (χ0n) is 12.1. The number of primary amides is 1. The van der Waals surface area contributed by atoms with Gasteiger partial charge >= 0.3 is 6.03 Å². The number of alkyl halides is 2. The number of hydrogen-bond donors (Lipinski definition) is 2. The van der Waals surface area contributed by atoms with Crippen LogP contribution in [0.15, 0.2) is 0 Å². The number of likely N-dealkylation sites (tertiary alicyclic amines) is 1. The maximum atomic E-state index is 13.0. The van der Waals surface area contributed by atoms with E-state index in [-0.39, 0.29) is 36.8 Å². The van der Waals surface area contributed by atoms with Crippen LogP contribution in [0.4, 0.5) is 13.6 Å². The quantitative estimate of drug-likeness (QED) is 0.815. The summed E-state index contributed by atoms with van der Waals surface area (Å²) in [6.07, 6.45) is 3.74. The van der Waals surface area contributed by atoms with Crippen molar-refractivity contribution in [2.24, 2.45) is 17.6 Å². The maximum Gasteiger partial charge on any atom is 0.315 e. The topological polar surface area (TPSA) is 58.4 Å². The van der Waals surface area contributed by atoms with Gasteiger partial charge in [-0.3, -0.25) is 0 Å². The lowest BCUT2D eigenvalue weighted by Gasteiger charge is -2.43. The van der Waals surface area contributed by atoms with Crippen molar-refractivity contribution in [1.29, 1.82) is 0 Å². The van der Waals surface area contributed by atoms with Crippen LogP contribution in [0.5, 0.6) is 0 Å². The standard InChI is InChI=1S/C14H25F2N3O/c1-18-9-11(6-10-7-14(15,16)8-10)12-4-2-3-5-19(12)13(17)20/h10-12,18H,2-9H2,1H3,(H2,17,20)/t11-,12?/m0/s1. The molecule has 4 nitrogen and oxygen atoms in total. The molecule has 6 heteroatoms. The van der Waals surface area contributed by atoms with Gasteiger partial charge in [0.2, 0.25) is 5.92 Å². The number of nitrogens with one attached hydrogen (secondary N) is 1. The highest BCUT2D eigenvalue weighted by Gasteiger charge is 2.46. The first kappa shape index (κ1) is 15.5. The molecule has 1 aliphatic carbocycles. The number of amides is 2. The van der Waals surface area contributed by atoms with Crippen LogP contribution in [0.3, 0.4) is 0 Å². The molecule has 2 amide bonds. The van der Waals surface area contributed by atoms with Gasteiger partial charge in [0.05, 0.1) is 0 Å². The molecule has 0 aromatic rings. The molecule has 0 spiro atoms. The van der Waals surface area contributed by atoms with Gasteiger partial charge in [-0.05, 0) is 51.1 Å². The van der Waals surface area contributed by atoms with Crippen molar-refractivity contribution in [2.45, 2.75) is 50.5 Å². The molecule has 0 bridgehead atoms. The molecule has 2 fully saturated rings. The molecular formula is C14H25F2N3O.